The van der Waals surface area contributed by atoms with E-state index in [1.807, 2.05) is 48.5 Å². The van der Waals surface area contributed by atoms with Crippen molar-refractivity contribution in [1.29, 1.82) is 0 Å². The number of hydrogen-bond acceptors (Lipinski definition) is 1. The summed E-state index contributed by atoms with van der Waals surface area (Å²) in [5.74, 6) is 1.71. The van der Waals surface area contributed by atoms with Gasteiger partial charge in [0.25, 0.3) is 0 Å². The molecule has 0 unspecified atom stereocenters. The predicted molar refractivity (Wildman–Crippen MR) is 163 cm³/mol. The fraction of sp³-hybridized carbons (Fsp3) is 0.250. The van der Waals surface area contributed by atoms with Crippen molar-refractivity contribution in [2.45, 2.75) is 54.9 Å². The maximum absolute atomic E-state index is 6.20. The molecule has 0 spiro atoms. The second kappa shape index (κ2) is 14.2. The van der Waals surface area contributed by atoms with E-state index in [4.69, 9.17) is 4.74 Å². The first-order valence-electron chi connectivity index (χ1n) is 13.3. The van der Waals surface area contributed by atoms with E-state index in [0.29, 0.717) is 5.41 Å². The van der Waals surface area contributed by atoms with Gasteiger partial charge in [0.15, 0.2) is 0 Å². The molecule has 0 saturated carbocycles. The van der Waals surface area contributed by atoms with Gasteiger partial charge in [-0.25, -0.2) is 0 Å². The molecule has 0 bridgehead atoms. The van der Waals surface area contributed by atoms with Crippen molar-refractivity contribution < 1.29 is 23.4 Å². The SMILES string of the molecule is CC(C=Cc1ccc(C)cc1)=C(Oc1ccccc1)c1ccccc1.C[C](C)=[Ti][C]1=CC(C(C)(C)C)=CC1. The average Bonchev–Trinajstić information content (AvgIpc) is 3.37. The maximum atomic E-state index is 6.20. The average molecular weight is 538 g/mol. The van der Waals surface area contributed by atoms with Gasteiger partial charge in [0.2, 0.25) is 0 Å². The van der Waals surface area contributed by atoms with Crippen LogP contribution in [0.25, 0.3) is 11.8 Å². The van der Waals surface area contributed by atoms with Crippen molar-refractivity contribution in [2.75, 3.05) is 0 Å². The predicted octanol–water partition coefficient (Wildman–Crippen LogP) is 10.1. The Morgan fingerprint density at radius 1 is 0.816 bits per heavy atom. The Bertz CT molecular complexity index is 1330. The summed E-state index contributed by atoms with van der Waals surface area (Å²) < 4.78 is 9.53. The van der Waals surface area contributed by atoms with E-state index >= 15 is 0 Å². The van der Waals surface area contributed by atoms with Crippen LogP contribution in [0.3, 0.4) is 0 Å². The normalized spacial score (nSPS) is 13.6. The zero-order valence-electron chi connectivity index (χ0n) is 24.0. The molecule has 0 aromatic heterocycles. The van der Waals surface area contributed by atoms with Gasteiger partial charge in [-0.1, -0.05) is 90.5 Å². The molecule has 3 aromatic carbocycles. The molecule has 1 aliphatic carbocycles. The Kier molecular flexibility index (Phi) is 11.1. The Morgan fingerprint density at radius 3 is 1.97 bits per heavy atom. The fourth-order valence-electron chi connectivity index (χ4n) is 3.99. The molecule has 0 aliphatic heterocycles. The van der Waals surface area contributed by atoms with Crippen LogP contribution in [0.4, 0.5) is 0 Å². The Balaban J connectivity index is 0.000000260. The van der Waals surface area contributed by atoms with Crippen LogP contribution in [0.15, 0.2) is 118 Å². The molecule has 1 aliphatic rings. The zero-order chi connectivity index (χ0) is 27.5. The van der Waals surface area contributed by atoms with Gasteiger partial charge in [-0.05, 0) is 37.1 Å². The van der Waals surface area contributed by atoms with Crippen LogP contribution in [0.2, 0.25) is 0 Å². The van der Waals surface area contributed by atoms with Crippen LogP contribution in [0.5, 0.6) is 5.75 Å². The quantitative estimate of drug-likeness (QED) is 0.173. The molecular weight excluding hydrogens is 496 g/mol. The van der Waals surface area contributed by atoms with Gasteiger partial charge in [0.1, 0.15) is 11.5 Å². The molecule has 0 radical (unpaired) electrons. The summed E-state index contributed by atoms with van der Waals surface area (Å²) in [5.41, 5.74) is 6.47. The standard InChI is InChI=1S/C24H22O.C9H13.C3H6.Ti/c1-19-13-16-21(17-14-19)18-15-20(2)24(22-9-5-3-6-10-22)25-23-11-7-4-8-12-23;1-9(2,3)8-6-4-5-7-8;1-3-2;/h3-18H,1-2H3;6-7H,4H2,1-3H3;1-2H3;. The third-order valence-electron chi connectivity index (χ3n) is 6.11. The third-order valence-corrected chi connectivity index (χ3v) is 7.93. The van der Waals surface area contributed by atoms with E-state index in [9.17, 15) is 0 Å². The topological polar surface area (TPSA) is 9.23 Å². The first-order chi connectivity index (χ1) is 18.1. The van der Waals surface area contributed by atoms with Crippen LogP contribution in [0, 0.1) is 12.3 Å². The summed E-state index contributed by atoms with van der Waals surface area (Å²) in [7, 11) is 0. The van der Waals surface area contributed by atoms with Crippen LogP contribution in [-0.2, 0) is 18.7 Å². The van der Waals surface area contributed by atoms with E-state index in [0.717, 1.165) is 22.6 Å². The van der Waals surface area contributed by atoms with Crippen molar-refractivity contribution in [2.24, 2.45) is 5.41 Å². The molecule has 0 N–H and O–H groups in total. The molecule has 38 heavy (non-hydrogen) atoms. The molecule has 1 nitrogen and oxygen atoms in total. The van der Waals surface area contributed by atoms with Gasteiger partial charge < -0.3 is 4.74 Å². The molecule has 195 valence electrons. The van der Waals surface area contributed by atoms with Gasteiger partial charge in [-0.2, -0.15) is 0 Å². The summed E-state index contributed by atoms with van der Waals surface area (Å²) in [6.07, 6.45) is 10.3. The number of rotatable bonds is 6. The van der Waals surface area contributed by atoms with E-state index in [1.54, 1.807) is 7.69 Å². The van der Waals surface area contributed by atoms with Crippen molar-refractivity contribution >= 4 is 15.6 Å². The van der Waals surface area contributed by atoms with Crippen molar-refractivity contribution in [3.05, 3.63) is 135 Å². The van der Waals surface area contributed by atoms with Gasteiger partial charge >= 0.3 is 90.6 Å². The number of para-hydroxylation sites is 1. The fourth-order valence-corrected chi connectivity index (χ4v) is 5.67. The van der Waals surface area contributed by atoms with E-state index in [-0.39, 0.29) is 18.7 Å². The van der Waals surface area contributed by atoms with Crippen LogP contribution in [0.1, 0.15) is 64.7 Å². The number of benzene rings is 3. The first-order valence-corrected chi connectivity index (χ1v) is 14.9. The van der Waals surface area contributed by atoms with Gasteiger partial charge in [0.05, 0.1) is 0 Å². The number of ether oxygens (including phenoxy) is 1. The molecular formula is C36H41OTi. The molecule has 0 amide bonds. The van der Waals surface area contributed by atoms with Crippen molar-refractivity contribution in [3.63, 3.8) is 0 Å². The number of aryl methyl sites for hydroxylation is 1. The summed E-state index contributed by atoms with van der Waals surface area (Å²) in [4.78, 5) is 0. The van der Waals surface area contributed by atoms with Crippen molar-refractivity contribution in [3.8, 4) is 5.75 Å². The second-order valence-electron chi connectivity index (χ2n) is 10.9. The molecule has 3 aromatic rings. The number of allylic oxidation sites excluding steroid dienone is 6. The van der Waals surface area contributed by atoms with Gasteiger partial charge in [-0.15, -0.1) is 0 Å². The summed E-state index contributed by atoms with van der Waals surface area (Å²) in [5, 5.41) is 0. The van der Waals surface area contributed by atoms with Gasteiger partial charge in [-0.3, -0.25) is 0 Å². The Hall–Kier alpha value is -3.00. The molecule has 2 heteroatoms. The van der Waals surface area contributed by atoms with E-state index in [1.165, 1.54) is 23.1 Å². The Labute approximate surface area is 239 Å². The number of hydrogen-bond donors (Lipinski definition) is 0. The molecule has 0 heterocycles. The van der Waals surface area contributed by atoms with E-state index < -0.39 is 0 Å². The van der Waals surface area contributed by atoms with Gasteiger partial charge in [0, 0.05) is 5.56 Å². The molecule has 0 atom stereocenters. The van der Waals surface area contributed by atoms with Crippen LogP contribution in [-0.4, -0.2) is 3.81 Å². The first kappa shape index (κ1) is 29.6. The minimum atomic E-state index is 0.0803. The molecule has 0 saturated heterocycles. The minimum absolute atomic E-state index is 0.0803. The third kappa shape index (κ3) is 9.71. The monoisotopic (exact) mass is 537 g/mol. The Morgan fingerprint density at radius 2 is 1.42 bits per heavy atom. The van der Waals surface area contributed by atoms with Crippen molar-refractivity contribution in [1.82, 2.24) is 0 Å². The summed E-state index contributed by atoms with van der Waals surface area (Å²) in [6.45, 7) is 15.6. The van der Waals surface area contributed by atoms with Crippen LogP contribution < -0.4 is 4.74 Å². The summed E-state index contributed by atoms with van der Waals surface area (Å²) in [6, 6.07) is 28.6. The molecule has 4 rings (SSSR count). The summed E-state index contributed by atoms with van der Waals surface area (Å²) >= 11 is 0.0803. The second-order valence-corrected chi connectivity index (χ2v) is 13.9. The van der Waals surface area contributed by atoms with Crippen LogP contribution >= 0.6 is 0 Å². The van der Waals surface area contributed by atoms with E-state index in [2.05, 4.69) is 109 Å². The zero-order valence-corrected chi connectivity index (χ0v) is 25.6. The molecule has 0 fully saturated rings.